The fourth-order valence-corrected chi connectivity index (χ4v) is 4.41. The van der Waals surface area contributed by atoms with E-state index in [0.717, 1.165) is 4.88 Å². The Kier molecular flexibility index (Phi) is 4.88. The number of aromatic nitrogens is 1. The van der Waals surface area contributed by atoms with Gasteiger partial charge < -0.3 is 5.73 Å². The molecule has 0 atom stereocenters. The molecule has 0 aliphatic carbocycles. The lowest BCUT2D eigenvalue weighted by atomic mass is 10.4. The first-order chi connectivity index (χ1) is 9.82. The maximum Gasteiger partial charge on any atom is 0.245 e. The normalized spacial score (nSPS) is 12.2. The van der Waals surface area contributed by atoms with Crippen molar-refractivity contribution in [2.75, 3.05) is 5.73 Å². The molecule has 0 aliphatic heterocycles. The van der Waals surface area contributed by atoms with Crippen LogP contribution in [0.25, 0.3) is 0 Å². The topological polar surface area (TPSA) is 76.3 Å². The van der Waals surface area contributed by atoms with E-state index in [1.165, 1.54) is 27.9 Å². The van der Waals surface area contributed by atoms with Gasteiger partial charge in [-0.2, -0.15) is 4.31 Å². The average Bonchev–Trinajstić information content (AvgIpc) is 2.91. The van der Waals surface area contributed by atoms with Crippen molar-refractivity contribution < 1.29 is 8.42 Å². The molecule has 0 radical (unpaired) electrons. The molecule has 2 aromatic rings. The molecule has 114 valence electrons. The second kappa shape index (κ2) is 6.31. The number of pyridine rings is 1. The highest BCUT2D eigenvalue weighted by atomic mass is 35.5. The van der Waals surface area contributed by atoms with Gasteiger partial charge >= 0.3 is 0 Å². The van der Waals surface area contributed by atoms with E-state index >= 15 is 0 Å². The van der Waals surface area contributed by atoms with Crippen molar-refractivity contribution >= 4 is 38.8 Å². The molecule has 2 heterocycles. The quantitative estimate of drug-likeness (QED) is 0.903. The van der Waals surface area contributed by atoms with Gasteiger partial charge in [0.25, 0.3) is 0 Å². The summed E-state index contributed by atoms with van der Waals surface area (Å²) in [5.41, 5.74) is 5.53. The van der Waals surface area contributed by atoms with Gasteiger partial charge in [0, 0.05) is 23.7 Å². The molecule has 0 unspecified atom stereocenters. The molecule has 0 bridgehead atoms. The molecule has 21 heavy (non-hydrogen) atoms. The van der Waals surface area contributed by atoms with Crippen molar-refractivity contribution in [3.63, 3.8) is 0 Å². The number of halogens is 1. The van der Waals surface area contributed by atoms with Gasteiger partial charge in [-0.15, -0.1) is 11.3 Å². The summed E-state index contributed by atoms with van der Waals surface area (Å²) < 4.78 is 26.9. The van der Waals surface area contributed by atoms with Gasteiger partial charge in [0.05, 0.1) is 5.02 Å². The molecular formula is C13H16ClN3O2S2. The lowest BCUT2D eigenvalue weighted by Crippen LogP contribution is -2.36. The minimum Gasteiger partial charge on any atom is -0.382 e. The van der Waals surface area contributed by atoms with E-state index in [9.17, 15) is 8.42 Å². The zero-order valence-electron chi connectivity index (χ0n) is 11.7. The van der Waals surface area contributed by atoms with Crippen molar-refractivity contribution in [1.82, 2.24) is 9.29 Å². The SMILES string of the molecule is CC(C)N(Cc1cccs1)S(=O)(=O)c1cnc(N)c(Cl)c1. The third-order valence-corrected chi connectivity index (χ3v) is 6.07. The van der Waals surface area contributed by atoms with Gasteiger partial charge in [0.2, 0.25) is 10.0 Å². The number of sulfonamides is 1. The van der Waals surface area contributed by atoms with Crippen molar-refractivity contribution in [2.45, 2.75) is 31.3 Å². The number of thiophene rings is 1. The van der Waals surface area contributed by atoms with E-state index in [2.05, 4.69) is 4.98 Å². The van der Waals surface area contributed by atoms with Crippen LogP contribution < -0.4 is 5.73 Å². The van der Waals surface area contributed by atoms with E-state index in [1.807, 2.05) is 31.4 Å². The van der Waals surface area contributed by atoms with Gasteiger partial charge in [-0.3, -0.25) is 0 Å². The maximum absolute atomic E-state index is 12.8. The monoisotopic (exact) mass is 345 g/mol. The van der Waals surface area contributed by atoms with Crippen LogP contribution in [0.3, 0.4) is 0 Å². The summed E-state index contributed by atoms with van der Waals surface area (Å²) in [6.07, 6.45) is 1.24. The molecule has 2 aromatic heterocycles. The summed E-state index contributed by atoms with van der Waals surface area (Å²) in [5.74, 6) is 0.116. The fraction of sp³-hybridized carbons (Fsp3) is 0.308. The van der Waals surface area contributed by atoms with Crippen LogP contribution in [-0.2, 0) is 16.6 Å². The predicted octanol–water partition coefficient (Wildman–Crippen LogP) is 2.98. The van der Waals surface area contributed by atoms with Crippen LogP contribution in [0.2, 0.25) is 5.02 Å². The number of nitrogens with zero attached hydrogens (tertiary/aromatic N) is 2. The molecule has 0 aliphatic rings. The minimum absolute atomic E-state index is 0.0481. The van der Waals surface area contributed by atoms with Crippen LogP contribution in [0, 0.1) is 0 Å². The molecular weight excluding hydrogens is 330 g/mol. The van der Waals surface area contributed by atoms with Crippen LogP contribution in [0.4, 0.5) is 5.82 Å². The lowest BCUT2D eigenvalue weighted by molar-refractivity contribution is 0.350. The highest BCUT2D eigenvalue weighted by Gasteiger charge is 2.28. The second-order valence-electron chi connectivity index (χ2n) is 4.76. The molecule has 0 aromatic carbocycles. The van der Waals surface area contributed by atoms with E-state index < -0.39 is 10.0 Å². The largest absolute Gasteiger partial charge is 0.382 e. The highest BCUT2D eigenvalue weighted by molar-refractivity contribution is 7.89. The summed E-state index contributed by atoms with van der Waals surface area (Å²) in [5, 5.41) is 2.05. The van der Waals surface area contributed by atoms with Crippen LogP contribution in [0.15, 0.2) is 34.7 Å². The minimum atomic E-state index is -3.68. The Labute approximate surface area is 133 Å². The summed E-state index contributed by atoms with van der Waals surface area (Å²) in [6.45, 7) is 3.98. The van der Waals surface area contributed by atoms with Crippen LogP contribution in [0.5, 0.6) is 0 Å². The first kappa shape index (κ1) is 16.2. The highest BCUT2D eigenvalue weighted by Crippen LogP contribution is 2.26. The molecule has 0 saturated carbocycles. The van der Waals surface area contributed by atoms with E-state index in [-0.39, 0.29) is 21.8 Å². The molecule has 0 fully saturated rings. The summed E-state index contributed by atoms with van der Waals surface area (Å²) in [4.78, 5) is 4.85. The Balaban J connectivity index is 2.39. The lowest BCUT2D eigenvalue weighted by Gasteiger charge is -2.25. The first-order valence-electron chi connectivity index (χ1n) is 6.27. The Morgan fingerprint density at radius 3 is 2.71 bits per heavy atom. The number of hydrogen-bond donors (Lipinski definition) is 1. The predicted molar refractivity (Wildman–Crippen MR) is 85.8 cm³/mol. The fourth-order valence-electron chi connectivity index (χ4n) is 1.81. The number of rotatable bonds is 5. The molecule has 0 spiro atoms. The molecule has 2 rings (SSSR count). The molecule has 8 heteroatoms. The Morgan fingerprint density at radius 1 is 1.48 bits per heavy atom. The average molecular weight is 346 g/mol. The summed E-state index contributed by atoms with van der Waals surface area (Å²) in [7, 11) is -3.68. The number of nitrogen functional groups attached to an aromatic ring is 1. The van der Waals surface area contributed by atoms with Crippen LogP contribution >= 0.6 is 22.9 Å². The van der Waals surface area contributed by atoms with Gasteiger partial charge in [0.15, 0.2) is 0 Å². The molecule has 5 nitrogen and oxygen atoms in total. The Morgan fingerprint density at radius 2 is 2.19 bits per heavy atom. The van der Waals surface area contributed by atoms with E-state index in [1.54, 1.807) is 0 Å². The molecule has 0 saturated heterocycles. The van der Waals surface area contributed by atoms with Crippen LogP contribution in [0.1, 0.15) is 18.7 Å². The smallest absolute Gasteiger partial charge is 0.245 e. The van der Waals surface area contributed by atoms with Crippen molar-refractivity contribution in [2.24, 2.45) is 0 Å². The summed E-state index contributed by atoms with van der Waals surface area (Å²) >= 11 is 7.40. The van der Waals surface area contributed by atoms with Gasteiger partial charge in [-0.25, -0.2) is 13.4 Å². The zero-order valence-corrected chi connectivity index (χ0v) is 14.0. The third kappa shape index (κ3) is 3.55. The maximum atomic E-state index is 12.8. The Bertz CT molecular complexity index is 715. The van der Waals surface area contributed by atoms with Crippen LogP contribution in [-0.4, -0.2) is 23.7 Å². The number of nitrogens with two attached hydrogens (primary N) is 1. The van der Waals surface area contributed by atoms with Crippen molar-refractivity contribution in [3.05, 3.63) is 39.7 Å². The second-order valence-corrected chi connectivity index (χ2v) is 8.09. The standard InChI is InChI=1S/C13H16ClN3O2S2/c1-9(2)17(8-10-4-3-5-20-10)21(18,19)11-6-12(14)13(15)16-7-11/h3-7,9H,8H2,1-2H3,(H2,15,16). The van der Waals surface area contributed by atoms with Crippen molar-refractivity contribution in [3.8, 4) is 0 Å². The zero-order chi connectivity index (χ0) is 15.6. The van der Waals surface area contributed by atoms with Crippen molar-refractivity contribution in [1.29, 1.82) is 0 Å². The third-order valence-electron chi connectivity index (χ3n) is 2.92. The summed E-state index contributed by atoms with van der Waals surface area (Å²) in [6, 6.07) is 4.95. The van der Waals surface area contributed by atoms with E-state index in [0.29, 0.717) is 6.54 Å². The van der Waals surface area contributed by atoms with Gasteiger partial charge in [-0.05, 0) is 31.4 Å². The molecule has 2 N–H and O–H groups in total. The van der Waals surface area contributed by atoms with E-state index in [4.69, 9.17) is 17.3 Å². The number of anilines is 1. The van der Waals surface area contributed by atoms with Gasteiger partial charge in [0.1, 0.15) is 10.7 Å². The first-order valence-corrected chi connectivity index (χ1v) is 8.97. The Hall–Kier alpha value is -1.15. The number of hydrogen-bond acceptors (Lipinski definition) is 5. The van der Waals surface area contributed by atoms with Gasteiger partial charge in [-0.1, -0.05) is 17.7 Å². The molecule has 0 amide bonds.